The van der Waals surface area contributed by atoms with Crippen molar-refractivity contribution in [1.82, 2.24) is 0 Å². The summed E-state index contributed by atoms with van der Waals surface area (Å²) in [4.78, 5) is 0. The Kier molecular flexibility index (Phi) is 4.00. The molecule has 0 aliphatic heterocycles. The van der Waals surface area contributed by atoms with Gasteiger partial charge in [-0.1, -0.05) is 15.9 Å². The van der Waals surface area contributed by atoms with Gasteiger partial charge in [-0.15, -0.1) is 0 Å². The first-order chi connectivity index (χ1) is 6.56. The van der Waals surface area contributed by atoms with Crippen LogP contribution in [0.1, 0.15) is 11.7 Å². The number of benzene rings is 1. The van der Waals surface area contributed by atoms with Crippen LogP contribution >= 0.6 is 15.9 Å². The molecule has 0 saturated carbocycles. The SMILES string of the molecule is NCC(O)C(O)c1cc(Br)ccc1F. The fourth-order valence-corrected chi connectivity index (χ4v) is 1.46. The maximum Gasteiger partial charge on any atom is 0.129 e. The summed E-state index contributed by atoms with van der Waals surface area (Å²) in [5.41, 5.74) is 5.19. The molecule has 3 nitrogen and oxygen atoms in total. The zero-order valence-electron chi connectivity index (χ0n) is 7.32. The molecule has 1 aromatic rings. The van der Waals surface area contributed by atoms with Crippen molar-refractivity contribution in [2.24, 2.45) is 5.73 Å². The molecule has 5 heteroatoms. The van der Waals surface area contributed by atoms with Gasteiger partial charge in [-0.2, -0.15) is 0 Å². The van der Waals surface area contributed by atoms with E-state index >= 15 is 0 Å². The van der Waals surface area contributed by atoms with E-state index in [0.717, 1.165) is 0 Å². The number of rotatable bonds is 3. The normalized spacial score (nSPS) is 15.2. The molecule has 2 unspecified atom stereocenters. The van der Waals surface area contributed by atoms with Gasteiger partial charge in [-0.05, 0) is 18.2 Å². The van der Waals surface area contributed by atoms with Crippen LogP contribution < -0.4 is 5.73 Å². The van der Waals surface area contributed by atoms with Crippen LogP contribution in [0, 0.1) is 5.82 Å². The van der Waals surface area contributed by atoms with Crippen LogP contribution in [0.5, 0.6) is 0 Å². The summed E-state index contributed by atoms with van der Waals surface area (Å²) < 4.78 is 13.8. The number of aliphatic hydroxyl groups excluding tert-OH is 2. The van der Waals surface area contributed by atoms with Crippen LogP contribution in [-0.4, -0.2) is 22.9 Å². The molecule has 0 saturated heterocycles. The lowest BCUT2D eigenvalue weighted by Crippen LogP contribution is -2.27. The first-order valence-electron chi connectivity index (χ1n) is 4.07. The highest BCUT2D eigenvalue weighted by Gasteiger charge is 2.20. The maximum absolute atomic E-state index is 13.2. The third kappa shape index (κ3) is 2.51. The molecule has 1 rings (SSSR count). The Morgan fingerprint density at radius 3 is 2.64 bits per heavy atom. The molecule has 14 heavy (non-hydrogen) atoms. The van der Waals surface area contributed by atoms with E-state index in [4.69, 9.17) is 5.73 Å². The van der Waals surface area contributed by atoms with E-state index in [2.05, 4.69) is 15.9 Å². The summed E-state index contributed by atoms with van der Waals surface area (Å²) in [5.74, 6) is -0.562. The van der Waals surface area contributed by atoms with Gasteiger partial charge in [0.05, 0.1) is 6.10 Å². The fraction of sp³-hybridized carbons (Fsp3) is 0.333. The largest absolute Gasteiger partial charge is 0.389 e. The Hall–Kier alpha value is -0.490. The minimum Gasteiger partial charge on any atom is -0.389 e. The lowest BCUT2D eigenvalue weighted by Gasteiger charge is -2.17. The van der Waals surface area contributed by atoms with Gasteiger partial charge < -0.3 is 15.9 Å². The Morgan fingerprint density at radius 1 is 1.43 bits per heavy atom. The van der Waals surface area contributed by atoms with Gasteiger partial charge in [0.1, 0.15) is 11.9 Å². The van der Waals surface area contributed by atoms with Gasteiger partial charge in [0.15, 0.2) is 0 Å². The van der Waals surface area contributed by atoms with Crippen molar-refractivity contribution in [3.8, 4) is 0 Å². The molecule has 1 aromatic carbocycles. The van der Waals surface area contributed by atoms with E-state index in [9.17, 15) is 14.6 Å². The van der Waals surface area contributed by atoms with Crippen LogP contribution in [0.4, 0.5) is 4.39 Å². The maximum atomic E-state index is 13.2. The van der Waals surface area contributed by atoms with Crippen molar-refractivity contribution < 1.29 is 14.6 Å². The number of hydrogen-bond donors (Lipinski definition) is 3. The van der Waals surface area contributed by atoms with E-state index in [0.29, 0.717) is 4.47 Å². The van der Waals surface area contributed by atoms with Crippen molar-refractivity contribution >= 4 is 15.9 Å². The Morgan fingerprint density at radius 2 is 2.07 bits per heavy atom. The average Bonchev–Trinajstić information content (AvgIpc) is 2.19. The molecule has 78 valence electrons. The Balaban J connectivity index is 2.99. The minimum atomic E-state index is -1.29. The summed E-state index contributed by atoms with van der Waals surface area (Å²) in [6.07, 6.45) is -2.45. The standard InChI is InChI=1S/C9H11BrFNO2/c10-5-1-2-7(11)6(3-5)9(14)8(13)4-12/h1-3,8-9,13-14H,4,12H2. The molecule has 4 N–H and O–H groups in total. The number of halogens is 2. The molecule has 0 radical (unpaired) electrons. The molecule has 0 bridgehead atoms. The summed E-state index contributed by atoms with van der Waals surface area (Å²) >= 11 is 3.14. The van der Waals surface area contributed by atoms with Crippen LogP contribution in [0.2, 0.25) is 0 Å². The zero-order chi connectivity index (χ0) is 10.7. The fourth-order valence-electron chi connectivity index (χ4n) is 1.08. The van der Waals surface area contributed by atoms with Crippen molar-refractivity contribution in [2.75, 3.05) is 6.54 Å². The van der Waals surface area contributed by atoms with E-state index in [1.54, 1.807) is 0 Å². The first-order valence-corrected chi connectivity index (χ1v) is 4.86. The lowest BCUT2D eigenvalue weighted by atomic mass is 10.0. The summed E-state index contributed by atoms with van der Waals surface area (Å²) in [6, 6.07) is 4.14. The molecule has 0 amide bonds. The molecule has 0 fully saturated rings. The minimum absolute atomic E-state index is 0.0392. The molecular weight excluding hydrogens is 253 g/mol. The molecule has 0 aliphatic carbocycles. The van der Waals surface area contributed by atoms with Crippen LogP contribution in [0.15, 0.2) is 22.7 Å². The highest BCUT2D eigenvalue weighted by atomic mass is 79.9. The quantitative estimate of drug-likeness (QED) is 0.761. The molecule has 2 atom stereocenters. The van der Waals surface area contributed by atoms with Crippen molar-refractivity contribution in [3.05, 3.63) is 34.1 Å². The number of nitrogens with two attached hydrogens (primary N) is 1. The van der Waals surface area contributed by atoms with Crippen molar-refractivity contribution in [3.63, 3.8) is 0 Å². The predicted octanol–water partition coefficient (Wildman–Crippen LogP) is 0.941. The average molecular weight is 264 g/mol. The van der Waals surface area contributed by atoms with Gasteiger partial charge in [0.25, 0.3) is 0 Å². The summed E-state index contributed by atoms with van der Waals surface area (Å²) in [6.45, 7) is -0.118. The molecule has 0 heterocycles. The number of aliphatic hydroxyl groups is 2. The monoisotopic (exact) mass is 263 g/mol. The zero-order valence-corrected chi connectivity index (χ0v) is 8.91. The second kappa shape index (κ2) is 4.84. The topological polar surface area (TPSA) is 66.5 Å². The third-order valence-corrected chi connectivity index (χ3v) is 2.38. The Bertz CT molecular complexity index is 322. The highest BCUT2D eigenvalue weighted by Crippen LogP contribution is 2.23. The van der Waals surface area contributed by atoms with E-state index < -0.39 is 18.0 Å². The van der Waals surface area contributed by atoms with Crippen molar-refractivity contribution in [1.29, 1.82) is 0 Å². The van der Waals surface area contributed by atoms with Gasteiger partial charge >= 0.3 is 0 Å². The lowest BCUT2D eigenvalue weighted by molar-refractivity contribution is 0.0221. The molecular formula is C9H11BrFNO2. The van der Waals surface area contributed by atoms with Gasteiger partial charge in [0, 0.05) is 16.6 Å². The second-order valence-electron chi connectivity index (χ2n) is 2.91. The summed E-state index contributed by atoms with van der Waals surface area (Å²) in [5, 5.41) is 18.7. The van der Waals surface area contributed by atoms with E-state index in [1.807, 2.05) is 0 Å². The van der Waals surface area contributed by atoms with E-state index in [1.165, 1.54) is 18.2 Å². The van der Waals surface area contributed by atoms with Crippen LogP contribution in [0.25, 0.3) is 0 Å². The first kappa shape index (κ1) is 11.6. The Labute approximate surface area is 89.5 Å². The van der Waals surface area contributed by atoms with Crippen molar-refractivity contribution in [2.45, 2.75) is 12.2 Å². The second-order valence-corrected chi connectivity index (χ2v) is 3.83. The van der Waals surface area contributed by atoms with Gasteiger partial charge in [-0.25, -0.2) is 4.39 Å². The molecule has 0 aromatic heterocycles. The molecule has 0 spiro atoms. The van der Waals surface area contributed by atoms with Gasteiger partial charge in [-0.3, -0.25) is 0 Å². The van der Waals surface area contributed by atoms with Crippen LogP contribution in [0.3, 0.4) is 0 Å². The smallest absolute Gasteiger partial charge is 0.129 e. The van der Waals surface area contributed by atoms with Crippen LogP contribution in [-0.2, 0) is 0 Å². The summed E-state index contributed by atoms with van der Waals surface area (Å²) in [7, 11) is 0. The third-order valence-electron chi connectivity index (χ3n) is 1.88. The van der Waals surface area contributed by atoms with Gasteiger partial charge in [0.2, 0.25) is 0 Å². The van der Waals surface area contributed by atoms with E-state index in [-0.39, 0.29) is 12.1 Å². The number of hydrogen-bond acceptors (Lipinski definition) is 3. The molecule has 0 aliphatic rings. The highest BCUT2D eigenvalue weighted by molar-refractivity contribution is 9.10. The predicted molar refractivity (Wildman–Crippen MR) is 54.1 cm³/mol.